The maximum Gasteiger partial charge on any atom is 0.269 e. The molecule has 0 aromatic heterocycles. The van der Waals surface area contributed by atoms with Crippen LogP contribution in [0.25, 0.3) is 0 Å². The number of nitro benzene ring substituents is 1. The number of nitrogens with one attached hydrogen (secondary N) is 2. The Morgan fingerprint density at radius 3 is 2.63 bits per heavy atom. The van der Waals surface area contributed by atoms with E-state index in [2.05, 4.69) is 21.7 Å². The van der Waals surface area contributed by atoms with Crippen LogP contribution in [0.5, 0.6) is 5.75 Å². The van der Waals surface area contributed by atoms with Crippen molar-refractivity contribution in [1.82, 2.24) is 10.6 Å². The van der Waals surface area contributed by atoms with Crippen molar-refractivity contribution in [2.75, 3.05) is 13.1 Å². The summed E-state index contributed by atoms with van der Waals surface area (Å²) in [6.07, 6.45) is 0.959. The van der Waals surface area contributed by atoms with Gasteiger partial charge < -0.3 is 15.4 Å². The maximum absolute atomic E-state index is 10.7. The monoisotopic (exact) mass is 482 g/mol. The first-order valence-corrected chi connectivity index (χ1v) is 8.65. The van der Waals surface area contributed by atoms with E-state index in [1.54, 1.807) is 12.1 Å². The van der Waals surface area contributed by atoms with Gasteiger partial charge in [-0.05, 0) is 24.1 Å². The summed E-state index contributed by atoms with van der Waals surface area (Å²) >= 11 is 0. The lowest BCUT2D eigenvalue weighted by molar-refractivity contribution is -0.384. The number of fused-ring (bicyclic) bond motifs is 1. The van der Waals surface area contributed by atoms with E-state index in [-0.39, 0.29) is 35.8 Å². The summed E-state index contributed by atoms with van der Waals surface area (Å²) < 4.78 is 5.92. The largest absolute Gasteiger partial charge is 0.488 e. The number of aliphatic imine (C=N–C) groups is 1. The van der Waals surface area contributed by atoms with Gasteiger partial charge in [0.25, 0.3) is 5.69 Å². The number of hydrogen-bond donors (Lipinski definition) is 2. The average molecular weight is 482 g/mol. The summed E-state index contributed by atoms with van der Waals surface area (Å²) in [5.41, 5.74) is 2.23. The molecule has 27 heavy (non-hydrogen) atoms. The van der Waals surface area contributed by atoms with Gasteiger partial charge >= 0.3 is 0 Å². The predicted octanol–water partition coefficient (Wildman–Crippen LogP) is 3.27. The van der Waals surface area contributed by atoms with Gasteiger partial charge in [-0.15, -0.1) is 24.0 Å². The fourth-order valence-corrected chi connectivity index (χ4v) is 2.81. The van der Waals surface area contributed by atoms with Crippen molar-refractivity contribution in [3.63, 3.8) is 0 Å². The van der Waals surface area contributed by atoms with Gasteiger partial charge in [-0.25, -0.2) is 4.99 Å². The van der Waals surface area contributed by atoms with Gasteiger partial charge in [-0.1, -0.05) is 30.3 Å². The van der Waals surface area contributed by atoms with Crippen molar-refractivity contribution in [2.24, 2.45) is 4.99 Å². The molecule has 2 N–H and O–H groups in total. The van der Waals surface area contributed by atoms with Gasteiger partial charge in [-0.2, -0.15) is 0 Å². The molecule has 0 amide bonds. The molecule has 1 heterocycles. The third-order valence-corrected chi connectivity index (χ3v) is 4.12. The van der Waals surface area contributed by atoms with E-state index in [4.69, 9.17) is 4.74 Å². The molecule has 144 valence electrons. The predicted molar refractivity (Wildman–Crippen MR) is 116 cm³/mol. The average Bonchev–Trinajstić information content (AvgIpc) is 3.07. The van der Waals surface area contributed by atoms with Crippen LogP contribution in [-0.2, 0) is 13.0 Å². The lowest BCUT2D eigenvalue weighted by Crippen LogP contribution is -2.42. The maximum atomic E-state index is 10.7. The lowest BCUT2D eigenvalue weighted by Gasteiger charge is -2.15. The van der Waals surface area contributed by atoms with Crippen molar-refractivity contribution < 1.29 is 9.66 Å². The number of halogens is 1. The Kier molecular flexibility index (Phi) is 7.83. The van der Waals surface area contributed by atoms with Gasteiger partial charge in [-0.3, -0.25) is 10.1 Å². The van der Waals surface area contributed by atoms with E-state index < -0.39 is 4.92 Å². The van der Waals surface area contributed by atoms with E-state index in [9.17, 15) is 10.1 Å². The lowest BCUT2D eigenvalue weighted by atomic mass is 10.1. The Hall–Kier alpha value is -2.36. The highest BCUT2D eigenvalue weighted by Crippen LogP contribution is 2.27. The Morgan fingerprint density at radius 2 is 1.96 bits per heavy atom. The summed E-state index contributed by atoms with van der Waals surface area (Å²) in [5.74, 6) is 1.65. The number of rotatable bonds is 6. The first kappa shape index (κ1) is 20.9. The number of hydrogen-bond acceptors (Lipinski definition) is 4. The molecule has 7 nitrogen and oxygen atoms in total. The Labute approximate surface area is 175 Å². The second kappa shape index (κ2) is 10.1. The van der Waals surface area contributed by atoms with Crippen LogP contribution in [0.2, 0.25) is 0 Å². The van der Waals surface area contributed by atoms with Crippen LogP contribution >= 0.6 is 24.0 Å². The van der Waals surface area contributed by atoms with Crippen molar-refractivity contribution in [1.29, 1.82) is 0 Å². The zero-order chi connectivity index (χ0) is 18.4. The first-order chi connectivity index (χ1) is 12.7. The van der Waals surface area contributed by atoms with Gasteiger partial charge in [0.2, 0.25) is 0 Å². The van der Waals surface area contributed by atoms with Crippen LogP contribution in [0.15, 0.2) is 53.5 Å². The molecule has 0 radical (unpaired) electrons. The zero-order valence-electron chi connectivity index (χ0n) is 15.1. The topological polar surface area (TPSA) is 88.8 Å². The molecular weight excluding hydrogens is 459 g/mol. The highest BCUT2D eigenvalue weighted by atomic mass is 127. The van der Waals surface area contributed by atoms with E-state index in [1.165, 1.54) is 17.7 Å². The van der Waals surface area contributed by atoms with Gasteiger partial charge in [0.15, 0.2) is 5.96 Å². The van der Waals surface area contributed by atoms with E-state index in [0.29, 0.717) is 19.0 Å². The minimum Gasteiger partial charge on any atom is -0.488 e. The number of non-ortho nitro benzene ring substituents is 1. The number of para-hydroxylation sites is 1. The smallest absolute Gasteiger partial charge is 0.269 e. The minimum absolute atomic E-state index is 0. The molecule has 1 atom stereocenters. The third-order valence-electron chi connectivity index (χ3n) is 4.12. The number of benzene rings is 2. The number of ether oxygens (including phenoxy) is 1. The van der Waals surface area contributed by atoms with Crippen LogP contribution in [0.1, 0.15) is 18.1 Å². The number of guanidine groups is 1. The normalized spacial score (nSPS) is 15.3. The molecule has 1 unspecified atom stereocenters. The molecule has 8 heteroatoms. The molecule has 1 aliphatic heterocycles. The van der Waals surface area contributed by atoms with Gasteiger partial charge in [0.1, 0.15) is 11.9 Å². The molecule has 0 saturated carbocycles. The molecule has 3 rings (SSSR count). The Morgan fingerprint density at radius 1 is 1.22 bits per heavy atom. The molecule has 0 fully saturated rings. The van der Waals surface area contributed by atoms with Crippen LogP contribution < -0.4 is 15.4 Å². The fraction of sp³-hybridized carbons (Fsp3) is 0.316. The number of nitrogens with zero attached hydrogens (tertiary/aromatic N) is 2. The fourth-order valence-electron chi connectivity index (χ4n) is 2.81. The quantitative estimate of drug-likeness (QED) is 0.217. The van der Waals surface area contributed by atoms with Crippen LogP contribution in [-0.4, -0.2) is 30.1 Å². The van der Waals surface area contributed by atoms with E-state index in [0.717, 1.165) is 24.3 Å². The molecule has 1 aliphatic rings. The zero-order valence-corrected chi connectivity index (χ0v) is 17.4. The van der Waals surface area contributed by atoms with Crippen molar-refractivity contribution in [3.8, 4) is 5.75 Å². The van der Waals surface area contributed by atoms with Crippen LogP contribution in [0, 0.1) is 10.1 Å². The molecule has 0 bridgehead atoms. The molecule has 0 spiro atoms. The molecular formula is C19H23IN4O3. The Balaban J connectivity index is 0.00000261. The first-order valence-electron chi connectivity index (χ1n) is 8.65. The van der Waals surface area contributed by atoms with Crippen molar-refractivity contribution in [3.05, 3.63) is 69.8 Å². The summed E-state index contributed by atoms with van der Waals surface area (Å²) in [5, 5.41) is 17.2. The van der Waals surface area contributed by atoms with Crippen LogP contribution in [0.4, 0.5) is 5.69 Å². The summed E-state index contributed by atoms with van der Waals surface area (Å²) in [6, 6.07) is 14.5. The highest BCUT2D eigenvalue weighted by molar-refractivity contribution is 14.0. The van der Waals surface area contributed by atoms with Crippen molar-refractivity contribution >= 4 is 35.6 Å². The van der Waals surface area contributed by atoms with Gasteiger partial charge in [0, 0.05) is 25.1 Å². The standard InChI is InChI=1S/C19H22N4O3.HI/c1-2-20-19(21-12-14-7-9-16(10-8-14)23(24)25)22-13-17-11-15-5-3-4-6-18(15)26-17;/h3-10,17H,2,11-13H2,1H3,(H2,20,21,22);1H. The van der Waals surface area contributed by atoms with E-state index in [1.807, 2.05) is 25.1 Å². The number of nitro groups is 1. The third kappa shape index (κ3) is 5.81. The van der Waals surface area contributed by atoms with Crippen molar-refractivity contribution in [2.45, 2.75) is 26.0 Å². The highest BCUT2D eigenvalue weighted by Gasteiger charge is 2.22. The Bertz CT molecular complexity index is 771. The molecule has 2 aromatic rings. The SMILES string of the molecule is CCNC(=NCc1ccc([N+](=O)[O-])cc1)NCC1Cc2ccccc2O1.I. The molecule has 0 aliphatic carbocycles. The van der Waals surface area contributed by atoms with Gasteiger partial charge in [0.05, 0.1) is 18.0 Å². The second-order valence-electron chi connectivity index (χ2n) is 6.05. The summed E-state index contributed by atoms with van der Waals surface area (Å²) in [7, 11) is 0. The van der Waals surface area contributed by atoms with Crippen LogP contribution in [0.3, 0.4) is 0 Å². The molecule has 2 aromatic carbocycles. The second-order valence-corrected chi connectivity index (χ2v) is 6.05. The minimum atomic E-state index is -0.404. The summed E-state index contributed by atoms with van der Waals surface area (Å²) in [4.78, 5) is 14.8. The summed E-state index contributed by atoms with van der Waals surface area (Å²) in [6.45, 7) is 3.85. The van der Waals surface area contributed by atoms with E-state index >= 15 is 0 Å². The molecule has 0 saturated heterocycles.